The lowest BCUT2D eigenvalue weighted by Gasteiger charge is -2.13. The van der Waals surface area contributed by atoms with Crippen LogP contribution in [0.2, 0.25) is 0 Å². The fourth-order valence-corrected chi connectivity index (χ4v) is 3.50. The van der Waals surface area contributed by atoms with Gasteiger partial charge in [0.25, 0.3) is 11.8 Å². The van der Waals surface area contributed by atoms with Gasteiger partial charge >= 0.3 is 0 Å². The summed E-state index contributed by atoms with van der Waals surface area (Å²) in [6.45, 7) is 4.56. The molecule has 1 heterocycles. The smallest absolute Gasteiger partial charge is 0.255 e. The van der Waals surface area contributed by atoms with E-state index in [1.165, 1.54) is 0 Å². The molecule has 0 aliphatic rings. The molecule has 6 nitrogen and oxygen atoms in total. The highest BCUT2D eigenvalue weighted by atomic mass is 16.2. The molecular formula is C26H24N4O2. The van der Waals surface area contributed by atoms with Crippen LogP contribution in [-0.2, 0) is 6.54 Å². The summed E-state index contributed by atoms with van der Waals surface area (Å²) in [6.07, 6.45) is 0. The van der Waals surface area contributed by atoms with Crippen LogP contribution < -0.4 is 10.6 Å². The van der Waals surface area contributed by atoms with Gasteiger partial charge in [-0.1, -0.05) is 42.5 Å². The Kier molecular flexibility index (Phi) is 6.12. The van der Waals surface area contributed by atoms with Gasteiger partial charge in [-0.2, -0.15) is 5.10 Å². The molecule has 2 N–H and O–H groups in total. The molecule has 6 heteroatoms. The molecule has 1 aromatic heterocycles. The van der Waals surface area contributed by atoms with Crippen molar-refractivity contribution < 1.29 is 9.59 Å². The second kappa shape index (κ2) is 9.31. The highest BCUT2D eigenvalue weighted by Gasteiger charge is 2.13. The molecular weight excluding hydrogens is 400 g/mol. The Labute approximate surface area is 186 Å². The molecule has 2 amide bonds. The van der Waals surface area contributed by atoms with Gasteiger partial charge in [-0.3, -0.25) is 14.3 Å². The van der Waals surface area contributed by atoms with Crippen LogP contribution in [0.1, 0.15) is 37.7 Å². The number of hydrogen-bond donors (Lipinski definition) is 2. The molecule has 4 aromatic rings. The predicted octanol–water partition coefficient (Wildman–Crippen LogP) is 5.05. The van der Waals surface area contributed by atoms with Crippen molar-refractivity contribution >= 4 is 23.2 Å². The van der Waals surface area contributed by atoms with E-state index in [1.807, 2.05) is 73.1 Å². The molecule has 3 aromatic carbocycles. The van der Waals surface area contributed by atoms with Crippen molar-refractivity contribution in [3.05, 3.63) is 113 Å². The van der Waals surface area contributed by atoms with Crippen LogP contribution in [0.25, 0.3) is 0 Å². The molecule has 32 heavy (non-hydrogen) atoms. The zero-order chi connectivity index (χ0) is 22.5. The maximum atomic E-state index is 13.0. The first-order valence-electron chi connectivity index (χ1n) is 10.4. The number of carbonyl (C=O) groups excluding carboxylic acids is 2. The van der Waals surface area contributed by atoms with Crippen molar-refractivity contribution in [2.45, 2.75) is 20.4 Å². The summed E-state index contributed by atoms with van der Waals surface area (Å²) in [5.74, 6) is -0.485. The number of amides is 2. The molecule has 0 fully saturated rings. The first-order valence-corrected chi connectivity index (χ1v) is 10.4. The molecule has 0 aliphatic heterocycles. The summed E-state index contributed by atoms with van der Waals surface area (Å²) in [4.78, 5) is 25.5. The van der Waals surface area contributed by atoms with E-state index in [0.717, 1.165) is 17.0 Å². The fourth-order valence-electron chi connectivity index (χ4n) is 3.50. The predicted molar refractivity (Wildman–Crippen MR) is 126 cm³/mol. The van der Waals surface area contributed by atoms with Crippen molar-refractivity contribution in [2.24, 2.45) is 0 Å². The van der Waals surface area contributed by atoms with Crippen molar-refractivity contribution in [1.82, 2.24) is 9.78 Å². The number of aromatic nitrogens is 2. The second-order valence-electron chi connectivity index (χ2n) is 7.60. The summed E-state index contributed by atoms with van der Waals surface area (Å²) in [6, 6.07) is 25.6. The Balaban J connectivity index is 1.50. The first-order chi connectivity index (χ1) is 15.5. The number of nitrogens with one attached hydrogen (secondary N) is 2. The van der Waals surface area contributed by atoms with E-state index >= 15 is 0 Å². The molecule has 0 saturated carbocycles. The summed E-state index contributed by atoms with van der Waals surface area (Å²) in [5, 5.41) is 10.3. The quantitative estimate of drug-likeness (QED) is 0.455. The maximum Gasteiger partial charge on any atom is 0.255 e. The average molecular weight is 425 g/mol. The number of benzene rings is 3. The first kappa shape index (κ1) is 21.1. The van der Waals surface area contributed by atoms with E-state index in [2.05, 4.69) is 15.7 Å². The molecule has 0 saturated heterocycles. The van der Waals surface area contributed by atoms with E-state index in [9.17, 15) is 9.59 Å². The van der Waals surface area contributed by atoms with Crippen molar-refractivity contribution in [3.8, 4) is 0 Å². The molecule has 0 aliphatic carbocycles. The minimum absolute atomic E-state index is 0.237. The Morgan fingerprint density at radius 3 is 1.97 bits per heavy atom. The number of rotatable bonds is 6. The van der Waals surface area contributed by atoms with Crippen LogP contribution in [0.3, 0.4) is 0 Å². The number of carbonyl (C=O) groups is 2. The Bertz CT molecular complexity index is 1260. The van der Waals surface area contributed by atoms with Gasteiger partial charge in [-0.25, -0.2) is 0 Å². The minimum atomic E-state index is -0.248. The lowest BCUT2D eigenvalue weighted by Crippen LogP contribution is -2.17. The van der Waals surface area contributed by atoms with Crippen LogP contribution in [0, 0.1) is 13.8 Å². The van der Waals surface area contributed by atoms with Crippen LogP contribution in [0.5, 0.6) is 0 Å². The average Bonchev–Trinajstić information content (AvgIpc) is 3.12. The van der Waals surface area contributed by atoms with Gasteiger partial charge in [0.1, 0.15) is 0 Å². The van der Waals surface area contributed by atoms with Gasteiger partial charge < -0.3 is 10.6 Å². The van der Waals surface area contributed by atoms with Crippen LogP contribution in [0.4, 0.5) is 11.4 Å². The third kappa shape index (κ3) is 4.92. The number of nitrogens with zero attached hydrogens (tertiary/aromatic N) is 2. The van der Waals surface area contributed by atoms with Gasteiger partial charge in [-0.05, 0) is 61.9 Å². The van der Waals surface area contributed by atoms with Crippen molar-refractivity contribution in [1.29, 1.82) is 0 Å². The molecule has 4 rings (SSSR count). The number of para-hydroxylation sites is 2. The standard InChI is InChI=1S/C26H24N4O2/c1-18-15-19(2)30(29-18)17-20-9-8-12-22(16-20)26(32)28-24-14-7-6-13-23(24)27-25(31)21-10-4-3-5-11-21/h3-16H,17H2,1-2H3,(H,27,31)(H,28,32). The van der Waals surface area contributed by atoms with Gasteiger partial charge in [0, 0.05) is 16.8 Å². The Hall–Kier alpha value is -4.19. The summed E-state index contributed by atoms with van der Waals surface area (Å²) < 4.78 is 1.92. The topological polar surface area (TPSA) is 76.0 Å². The van der Waals surface area contributed by atoms with E-state index in [-0.39, 0.29) is 11.8 Å². The molecule has 0 radical (unpaired) electrons. The summed E-state index contributed by atoms with van der Waals surface area (Å²) >= 11 is 0. The third-order valence-corrected chi connectivity index (χ3v) is 5.08. The second-order valence-corrected chi connectivity index (χ2v) is 7.60. The van der Waals surface area contributed by atoms with Gasteiger partial charge in [0.05, 0.1) is 23.6 Å². The van der Waals surface area contributed by atoms with E-state index in [1.54, 1.807) is 30.3 Å². The zero-order valence-electron chi connectivity index (χ0n) is 18.0. The summed E-state index contributed by atoms with van der Waals surface area (Å²) in [5.41, 5.74) is 5.17. The molecule has 0 spiro atoms. The molecule has 160 valence electrons. The summed E-state index contributed by atoms with van der Waals surface area (Å²) in [7, 11) is 0. The van der Waals surface area contributed by atoms with Gasteiger partial charge in [-0.15, -0.1) is 0 Å². The van der Waals surface area contributed by atoms with E-state index < -0.39 is 0 Å². The normalized spacial score (nSPS) is 10.6. The van der Waals surface area contributed by atoms with Crippen molar-refractivity contribution in [2.75, 3.05) is 10.6 Å². The molecule has 0 bridgehead atoms. The fraction of sp³-hybridized carbons (Fsp3) is 0.115. The third-order valence-electron chi connectivity index (χ3n) is 5.08. The number of anilines is 2. The number of hydrogen-bond acceptors (Lipinski definition) is 3. The maximum absolute atomic E-state index is 13.0. The van der Waals surface area contributed by atoms with Crippen LogP contribution >= 0.6 is 0 Å². The molecule has 0 atom stereocenters. The Morgan fingerprint density at radius 2 is 1.34 bits per heavy atom. The monoisotopic (exact) mass is 424 g/mol. The van der Waals surface area contributed by atoms with E-state index in [4.69, 9.17) is 0 Å². The Morgan fingerprint density at radius 1 is 0.750 bits per heavy atom. The van der Waals surface area contributed by atoms with Gasteiger partial charge in [0.15, 0.2) is 0 Å². The van der Waals surface area contributed by atoms with Crippen molar-refractivity contribution in [3.63, 3.8) is 0 Å². The van der Waals surface area contributed by atoms with E-state index in [0.29, 0.717) is 29.0 Å². The van der Waals surface area contributed by atoms with Crippen LogP contribution in [-0.4, -0.2) is 21.6 Å². The molecule has 0 unspecified atom stereocenters. The SMILES string of the molecule is Cc1cc(C)n(Cc2cccc(C(=O)Nc3ccccc3NC(=O)c3ccccc3)c2)n1. The minimum Gasteiger partial charge on any atom is -0.320 e. The zero-order valence-corrected chi connectivity index (χ0v) is 18.0. The largest absolute Gasteiger partial charge is 0.320 e. The van der Waals surface area contributed by atoms with Gasteiger partial charge in [0.2, 0.25) is 0 Å². The highest BCUT2D eigenvalue weighted by molar-refractivity contribution is 6.10. The lowest BCUT2D eigenvalue weighted by atomic mass is 10.1. The lowest BCUT2D eigenvalue weighted by molar-refractivity contribution is 0.101. The highest BCUT2D eigenvalue weighted by Crippen LogP contribution is 2.23. The van der Waals surface area contributed by atoms with Crippen LogP contribution in [0.15, 0.2) is 84.9 Å². The number of aryl methyl sites for hydroxylation is 2.